The Balaban J connectivity index is 2.13. The van der Waals surface area contributed by atoms with E-state index in [4.69, 9.17) is 30.2 Å². The molecule has 0 N–H and O–H groups in total. The number of esters is 2. The Bertz CT molecular complexity index is 810. The van der Waals surface area contributed by atoms with Crippen LogP contribution in [-0.2, 0) is 16.1 Å². The van der Waals surface area contributed by atoms with E-state index in [1.54, 1.807) is 0 Å². The lowest BCUT2D eigenvalue weighted by molar-refractivity contribution is 0.0453. The molecule has 0 aliphatic heterocycles. The maximum absolute atomic E-state index is 12.4. The highest BCUT2D eigenvalue weighted by Crippen LogP contribution is 2.37. The minimum Gasteiger partial charge on any atom is -0.493 e. The van der Waals surface area contributed by atoms with Crippen LogP contribution < -0.4 is 9.47 Å². The molecule has 0 radical (unpaired) electrons. The first-order valence-corrected chi connectivity index (χ1v) is 8.57. The van der Waals surface area contributed by atoms with Crippen LogP contribution in [0.2, 0.25) is 5.02 Å². The molecule has 0 spiro atoms. The van der Waals surface area contributed by atoms with E-state index in [0.717, 1.165) is 0 Å². The molecule has 0 atom stereocenters. The molecule has 0 saturated heterocycles. The predicted octanol–water partition coefficient (Wildman–Crippen LogP) is 4.12. The van der Waals surface area contributed by atoms with Crippen molar-refractivity contribution in [3.8, 4) is 11.5 Å². The van der Waals surface area contributed by atoms with Gasteiger partial charge in [0.05, 0.1) is 37.7 Å². The van der Waals surface area contributed by atoms with Crippen LogP contribution in [0.1, 0.15) is 40.3 Å². The summed E-state index contributed by atoms with van der Waals surface area (Å²) in [5.74, 6) is -0.307. The molecule has 8 heteroatoms. The van der Waals surface area contributed by atoms with Crippen LogP contribution in [-0.4, -0.2) is 32.8 Å². The summed E-state index contributed by atoms with van der Waals surface area (Å²) in [6.07, 6.45) is 1.32. The molecule has 1 aromatic carbocycles. The maximum Gasteiger partial charge on any atom is 0.374 e. The van der Waals surface area contributed by atoms with Crippen molar-refractivity contribution in [2.75, 3.05) is 20.8 Å². The fourth-order valence-corrected chi connectivity index (χ4v) is 2.44. The number of hydrogen-bond donors (Lipinski definition) is 0. The summed E-state index contributed by atoms with van der Waals surface area (Å²) in [5.41, 5.74) is 0.585. The van der Waals surface area contributed by atoms with Crippen LogP contribution in [0.4, 0.5) is 0 Å². The Morgan fingerprint density at radius 1 is 1.19 bits per heavy atom. The highest BCUT2D eigenvalue weighted by Gasteiger charge is 2.20. The maximum atomic E-state index is 12.4. The lowest BCUT2D eigenvalue weighted by Crippen LogP contribution is -2.10. The van der Waals surface area contributed by atoms with Crippen LogP contribution in [0, 0.1) is 5.92 Å². The molecule has 2 rings (SSSR count). The van der Waals surface area contributed by atoms with Crippen molar-refractivity contribution >= 4 is 23.5 Å². The zero-order valence-electron chi connectivity index (χ0n) is 15.5. The zero-order valence-corrected chi connectivity index (χ0v) is 16.3. The van der Waals surface area contributed by atoms with Crippen molar-refractivity contribution in [1.29, 1.82) is 0 Å². The Hall–Kier alpha value is -2.67. The lowest BCUT2D eigenvalue weighted by Gasteiger charge is -2.15. The third kappa shape index (κ3) is 5.17. The van der Waals surface area contributed by atoms with Gasteiger partial charge in [-0.15, -0.1) is 0 Å². The van der Waals surface area contributed by atoms with E-state index in [-0.39, 0.29) is 23.0 Å². The predicted molar refractivity (Wildman–Crippen MR) is 97.5 cm³/mol. The van der Waals surface area contributed by atoms with E-state index in [0.29, 0.717) is 29.6 Å². The van der Waals surface area contributed by atoms with Crippen molar-refractivity contribution in [3.63, 3.8) is 0 Å². The second kappa shape index (κ2) is 9.32. The van der Waals surface area contributed by atoms with Crippen LogP contribution in [0.3, 0.4) is 0 Å². The summed E-state index contributed by atoms with van der Waals surface area (Å²) < 4.78 is 25.8. The average molecular weight is 397 g/mol. The monoisotopic (exact) mass is 396 g/mol. The highest BCUT2D eigenvalue weighted by atomic mass is 35.5. The van der Waals surface area contributed by atoms with Gasteiger partial charge >= 0.3 is 11.9 Å². The molecule has 146 valence electrons. The van der Waals surface area contributed by atoms with E-state index in [1.165, 1.54) is 38.7 Å². The highest BCUT2D eigenvalue weighted by molar-refractivity contribution is 6.32. The molecular formula is C19H21ClO7. The second-order valence-corrected chi connectivity index (χ2v) is 6.44. The van der Waals surface area contributed by atoms with Gasteiger partial charge in [0.2, 0.25) is 5.76 Å². The number of methoxy groups -OCH3 is 2. The molecule has 0 fully saturated rings. The van der Waals surface area contributed by atoms with Crippen molar-refractivity contribution in [3.05, 3.63) is 46.4 Å². The van der Waals surface area contributed by atoms with E-state index in [2.05, 4.69) is 4.74 Å². The summed E-state index contributed by atoms with van der Waals surface area (Å²) in [7, 11) is 2.69. The molecule has 0 saturated carbocycles. The van der Waals surface area contributed by atoms with E-state index < -0.39 is 11.9 Å². The first kappa shape index (κ1) is 20.6. The number of benzene rings is 1. The quantitative estimate of drug-likeness (QED) is 0.620. The minimum atomic E-state index is -0.651. The van der Waals surface area contributed by atoms with Crippen LogP contribution in [0.5, 0.6) is 11.5 Å². The topological polar surface area (TPSA) is 84.2 Å². The fourth-order valence-electron chi connectivity index (χ4n) is 2.18. The first-order valence-electron chi connectivity index (χ1n) is 8.19. The number of carbonyl (C=O) groups is 2. The third-order valence-corrected chi connectivity index (χ3v) is 3.78. The molecule has 7 nitrogen and oxygen atoms in total. The molecule has 27 heavy (non-hydrogen) atoms. The number of hydrogen-bond acceptors (Lipinski definition) is 7. The molecule has 1 aromatic heterocycles. The molecule has 1 heterocycles. The SMILES string of the molecule is COC(=O)c1occc1COC(=O)c1cc(Cl)c(OCC(C)C)c(OC)c1. The van der Waals surface area contributed by atoms with Gasteiger partial charge in [-0.3, -0.25) is 0 Å². The minimum absolute atomic E-state index is 0.0154. The van der Waals surface area contributed by atoms with Gasteiger partial charge in [-0.05, 0) is 24.1 Å². The van der Waals surface area contributed by atoms with E-state index in [1.807, 2.05) is 13.8 Å². The molecule has 0 aliphatic carbocycles. The van der Waals surface area contributed by atoms with E-state index >= 15 is 0 Å². The van der Waals surface area contributed by atoms with Crippen LogP contribution in [0.15, 0.2) is 28.9 Å². The lowest BCUT2D eigenvalue weighted by atomic mass is 10.2. The fraction of sp³-hybridized carbons (Fsp3) is 0.368. The normalized spacial score (nSPS) is 10.6. The molecule has 0 unspecified atom stereocenters. The molecule has 0 amide bonds. The number of carbonyl (C=O) groups excluding carboxylic acids is 2. The number of halogens is 1. The average Bonchev–Trinajstić information content (AvgIpc) is 3.12. The van der Waals surface area contributed by atoms with Gasteiger partial charge in [-0.1, -0.05) is 25.4 Å². The van der Waals surface area contributed by atoms with Crippen LogP contribution in [0.25, 0.3) is 0 Å². The third-order valence-electron chi connectivity index (χ3n) is 3.50. The number of ether oxygens (including phenoxy) is 4. The van der Waals surface area contributed by atoms with Crippen molar-refractivity contribution in [1.82, 2.24) is 0 Å². The Morgan fingerprint density at radius 3 is 2.56 bits per heavy atom. The first-order chi connectivity index (χ1) is 12.9. The molecule has 2 aromatic rings. The standard InChI is InChI=1S/C19H21ClO7/c1-11(2)9-26-17-14(20)7-13(8-15(17)23-3)18(21)27-10-12-5-6-25-16(12)19(22)24-4/h5-8,11H,9-10H2,1-4H3. The summed E-state index contributed by atoms with van der Waals surface area (Å²) in [6.45, 7) is 4.30. The van der Waals surface area contributed by atoms with Gasteiger partial charge in [-0.2, -0.15) is 0 Å². The molecule has 0 bridgehead atoms. The van der Waals surface area contributed by atoms with Crippen LogP contribution >= 0.6 is 11.6 Å². The van der Waals surface area contributed by atoms with Gasteiger partial charge < -0.3 is 23.4 Å². The molecular weight excluding hydrogens is 376 g/mol. The van der Waals surface area contributed by atoms with Gasteiger partial charge in [0.15, 0.2) is 11.5 Å². The van der Waals surface area contributed by atoms with E-state index in [9.17, 15) is 9.59 Å². The van der Waals surface area contributed by atoms with Gasteiger partial charge in [0.1, 0.15) is 6.61 Å². The molecule has 0 aliphatic rings. The van der Waals surface area contributed by atoms with Crippen molar-refractivity contribution in [2.45, 2.75) is 20.5 Å². The second-order valence-electron chi connectivity index (χ2n) is 6.04. The smallest absolute Gasteiger partial charge is 0.374 e. The van der Waals surface area contributed by atoms with Gasteiger partial charge in [0, 0.05) is 5.56 Å². The Labute approximate surface area is 162 Å². The number of rotatable bonds is 8. The largest absolute Gasteiger partial charge is 0.493 e. The summed E-state index contributed by atoms with van der Waals surface area (Å²) >= 11 is 6.24. The van der Waals surface area contributed by atoms with Gasteiger partial charge in [0.25, 0.3) is 0 Å². The Kier molecular flexibility index (Phi) is 7.12. The summed E-state index contributed by atoms with van der Waals surface area (Å²) in [5, 5.41) is 0.237. The van der Waals surface area contributed by atoms with Crippen molar-refractivity contribution < 1.29 is 33.0 Å². The van der Waals surface area contributed by atoms with Crippen molar-refractivity contribution in [2.24, 2.45) is 5.92 Å². The summed E-state index contributed by atoms with van der Waals surface area (Å²) in [6, 6.07) is 4.45. The van der Waals surface area contributed by atoms with Gasteiger partial charge in [-0.25, -0.2) is 9.59 Å². The number of furan rings is 1. The zero-order chi connectivity index (χ0) is 20.0. The summed E-state index contributed by atoms with van der Waals surface area (Å²) in [4.78, 5) is 23.9. The Morgan fingerprint density at radius 2 is 1.93 bits per heavy atom.